The molecule has 0 radical (unpaired) electrons. The van der Waals surface area contributed by atoms with Crippen molar-refractivity contribution in [3.8, 4) is 0 Å². The van der Waals surface area contributed by atoms with E-state index in [1.54, 1.807) is 18.3 Å². The van der Waals surface area contributed by atoms with E-state index in [1.165, 1.54) is 6.07 Å². The number of ether oxygens (including phenoxy) is 1. The van der Waals surface area contributed by atoms with Crippen LogP contribution in [0.15, 0.2) is 30.5 Å². The van der Waals surface area contributed by atoms with Crippen molar-refractivity contribution in [3.63, 3.8) is 0 Å². The van der Waals surface area contributed by atoms with E-state index in [9.17, 15) is 14.9 Å². The third kappa shape index (κ3) is 4.79. The van der Waals surface area contributed by atoms with E-state index < -0.39 is 4.92 Å². The van der Waals surface area contributed by atoms with Gasteiger partial charge in [0, 0.05) is 29.2 Å². The molecule has 102 valence electrons. The predicted octanol–water partition coefficient (Wildman–Crippen LogP) is 3.03. The highest BCUT2D eigenvalue weighted by molar-refractivity contribution is 5.81. The number of H-pyrrole nitrogens is 1. The van der Waals surface area contributed by atoms with Gasteiger partial charge in [0.25, 0.3) is 12.2 Å². The second kappa shape index (κ2) is 5.99. The molecular weight excluding hydrogens is 248 g/mol. The van der Waals surface area contributed by atoms with Crippen LogP contribution in [0.4, 0.5) is 5.69 Å². The number of aromatic amines is 1. The summed E-state index contributed by atoms with van der Waals surface area (Å²) in [5, 5.41) is 11.2. The zero-order valence-corrected chi connectivity index (χ0v) is 11.0. The monoisotopic (exact) mass is 264 g/mol. The summed E-state index contributed by atoms with van der Waals surface area (Å²) in [7, 11) is 0. The Kier molecular flexibility index (Phi) is 4.63. The molecule has 1 aromatic carbocycles. The second-order valence-corrected chi connectivity index (χ2v) is 4.83. The smallest absolute Gasteiger partial charge is 0.293 e. The number of hydrogen-bond acceptors (Lipinski definition) is 4. The van der Waals surface area contributed by atoms with E-state index >= 15 is 0 Å². The van der Waals surface area contributed by atoms with Gasteiger partial charge >= 0.3 is 0 Å². The van der Waals surface area contributed by atoms with Crippen molar-refractivity contribution in [1.82, 2.24) is 4.98 Å². The van der Waals surface area contributed by atoms with Gasteiger partial charge in [-0.25, -0.2) is 0 Å². The molecule has 0 aliphatic carbocycles. The Morgan fingerprint density at radius 1 is 1.32 bits per heavy atom. The topological polar surface area (TPSA) is 85.2 Å². The molecule has 0 spiro atoms. The number of benzene rings is 1. The average Bonchev–Trinajstić information content (AvgIpc) is 2.74. The summed E-state index contributed by atoms with van der Waals surface area (Å²) in [4.78, 5) is 22.5. The molecule has 0 bridgehead atoms. The molecule has 0 atom stereocenters. The molecule has 0 saturated carbocycles. The summed E-state index contributed by atoms with van der Waals surface area (Å²) < 4.78 is 4.55. The van der Waals surface area contributed by atoms with Crippen molar-refractivity contribution in [2.45, 2.75) is 26.4 Å². The Morgan fingerprint density at radius 2 is 2.00 bits per heavy atom. The zero-order chi connectivity index (χ0) is 14.5. The fraction of sp³-hybridized carbons (Fsp3) is 0.308. The number of non-ortho nitro benzene ring substituents is 1. The van der Waals surface area contributed by atoms with Gasteiger partial charge in [-0.3, -0.25) is 14.9 Å². The van der Waals surface area contributed by atoms with Gasteiger partial charge in [0.2, 0.25) is 0 Å². The molecule has 2 aromatic rings. The maximum absolute atomic E-state index is 10.4. The van der Waals surface area contributed by atoms with Crippen LogP contribution in [-0.2, 0) is 9.53 Å². The number of aromatic nitrogens is 1. The first-order valence-electron chi connectivity index (χ1n) is 5.66. The fourth-order valence-corrected chi connectivity index (χ4v) is 1.30. The van der Waals surface area contributed by atoms with Gasteiger partial charge in [0.05, 0.1) is 4.92 Å². The minimum atomic E-state index is -0.396. The summed E-state index contributed by atoms with van der Waals surface area (Å²) in [6, 6.07) is 6.54. The quantitative estimate of drug-likeness (QED) is 0.513. The van der Waals surface area contributed by atoms with Gasteiger partial charge in [-0.2, -0.15) is 0 Å². The Balaban J connectivity index is 0.000000224. The molecule has 0 amide bonds. The lowest BCUT2D eigenvalue weighted by molar-refractivity contribution is -0.384. The van der Waals surface area contributed by atoms with Gasteiger partial charge in [-0.1, -0.05) is 0 Å². The maximum Gasteiger partial charge on any atom is 0.293 e. The van der Waals surface area contributed by atoms with E-state index in [-0.39, 0.29) is 11.3 Å². The van der Waals surface area contributed by atoms with Gasteiger partial charge < -0.3 is 9.72 Å². The van der Waals surface area contributed by atoms with Crippen molar-refractivity contribution in [2.75, 3.05) is 0 Å². The fourth-order valence-electron chi connectivity index (χ4n) is 1.30. The van der Waals surface area contributed by atoms with Crippen LogP contribution in [0, 0.1) is 10.1 Å². The molecular formula is C13H16N2O4. The standard InChI is InChI=1S/C8H6N2O2.C5H10O2/c11-10(12)7-1-2-8-6(5-7)3-4-9-8;1-5(2,3)7-4-6/h1-5,9H;4H,1-3H3. The number of rotatable bonds is 2. The summed E-state index contributed by atoms with van der Waals surface area (Å²) in [6.07, 6.45) is 1.76. The van der Waals surface area contributed by atoms with E-state index in [2.05, 4.69) is 9.72 Å². The van der Waals surface area contributed by atoms with Gasteiger partial charge in [-0.15, -0.1) is 0 Å². The number of fused-ring (bicyclic) bond motifs is 1. The van der Waals surface area contributed by atoms with Crippen LogP contribution in [0.2, 0.25) is 0 Å². The highest BCUT2D eigenvalue weighted by Crippen LogP contribution is 2.18. The lowest BCUT2D eigenvalue weighted by Gasteiger charge is -2.14. The molecule has 19 heavy (non-hydrogen) atoms. The van der Waals surface area contributed by atoms with Gasteiger partial charge in [-0.05, 0) is 32.9 Å². The van der Waals surface area contributed by atoms with Crippen LogP contribution in [-0.4, -0.2) is 22.0 Å². The molecule has 1 heterocycles. The van der Waals surface area contributed by atoms with E-state index in [1.807, 2.05) is 26.8 Å². The molecule has 0 unspecified atom stereocenters. The first kappa shape index (κ1) is 14.7. The Hall–Kier alpha value is -2.37. The minimum Gasteiger partial charge on any atom is -0.462 e. The summed E-state index contributed by atoms with van der Waals surface area (Å²) in [6.45, 7) is 5.92. The molecule has 0 aliphatic heterocycles. The summed E-state index contributed by atoms with van der Waals surface area (Å²) in [5.74, 6) is 0. The molecule has 0 fully saturated rings. The van der Waals surface area contributed by atoms with Crippen LogP contribution < -0.4 is 0 Å². The predicted molar refractivity (Wildman–Crippen MR) is 71.9 cm³/mol. The second-order valence-electron chi connectivity index (χ2n) is 4.83. The number of nitrogens with one attached hydrogen (secondary N) is 1. The number of nitro benzene ring substituents is 1. The average molecular weight is 264 g/mol. The lowest BCUT2D eigenvalue weighted by atomic mass is 10.2. The molecule has 6 heteroatoms. The van der Waals surface area contributed by atoms with Crippen molar-refractivity contribution >= 4 is 23.1 Å². The first-order chi connectivity index (χ1) is 8.83. The summed E-state index contributed by atoms with van der Waals surface area (Å²) >= 11 is 0. The van der Waals surface area contributed by atoms with E-state index in [4.69, 9.17) is 0 Å². The first-order valence-corrected chi connectivity index (χ1v) is 5.66. The largest absolute Gasteiger partial charge is 0.462 e. The van der Waals surface area contributed by atoms with Gasteiger partial charge in [0.15, 0.2) is 0 Å². The minimum absolute atomic E-state index is 0.127. The third-order valence-electron chi connectivity index (χ3n) is 2.15. The number of carbonyl (C=O) groups is 1. The number of nitro groups is 1. The van der Waals surface area contributed by atoms with Crippen LogP contribution in [0.5, 0.6) is 0 Å². The zero-order valence-electron chi connectivity index (χ0n) is 11.0. The highest BCUT2D eigenvalue weighted by Gasteiger charge is 2.07. The highest BCUT2D eigenvalue weighted by atomic mass is 16.6. The van der Waals surface area contributed by atoms with Crippen molar-refractivity contribution in [1.29, 1.82) is 0 Å². The summed E-state index contributed by atoms with van der Waals surface area (Å²) in [5.41, 5.74) is 0.726. The third-order valence-corrected chi connectivity index (χ3v) is 2.15. The molecule has 2 rings (SSSR count). The molecule has 0 aliphatic rings. The van der Waals surface area contributed by atoms with Crippen molar-refractivity contribution in [3.05, 3.63) is 40.6 Å². The number of carbonyl (C=O) groups excluding carboxylic acids is 1. The van der Waals surface area contributed by atoms with Gasteiger partial charge in [0.1, 0.15) is 5.60 Å². The molecule has 0 saturated heterocycles. The van der Waals surface area contributed by atoms with E-state index in [0.29, 0.717) is 6.47 Å². The Morgan fingerprint density at radius 3 is 2.47 bits per heavy atom. The van der Waals surface area contributed by atoms with Crippen molar-refractivity contribution in [2.24, 2.45) is 0 Å². The number of hydrogen-bond donors (Lipinski definition) is 1. The van der Waals surface area contributed by atoms with Crippen LogP contribution in [0.1, 0.15) is 20.8 Å². The molecule has 6 nitrogen and oxygen atoms in total. The van der Waals surface area contributed by atoms with Crippen LogP contribution in [0.3, 0.4) is 0 Å². The van der Waals surface area contributed by atoms with Crippen molar-refractivity contribution < 1.29 is 14.5 Å². The number of nitrogens with zero attached hydrogens (tertiary/aromatic N) is 1. The molecule has 1 aromatic heterocycles. The lowest BCUT2D eigenvalue weighted by Crippen LogP contribution is -2.17. The van der Waals surface area contributed by atoms with Crippen LogP contribution in [0.25, 0.3) is 10.9 Å². The normalized spacial score (nSPS) is 10.5. The van der Waals surface area contributed by atoms with Crippen LogP contribution >= 0.6 is 0 Å². The Labute approximate surface area is 110 Å². The maximum atomic E-state index is 10.4. The molecule has 1 N–H and O–H groups in total. The van der Waals surface area contributed by atoms with E-state index in [0.717, 1.165) is 10.9 Å². The SMILES string of the molecule is CC(C)(C)OC=O.O=[N+]([O-])c1ccc2[nH]ccc2c1. The Bertz CT molecular complexity index is 569.